The average Bonchev–Trinajstić information content (AvgIpc) is 2.19. The lowest BCUT2D eigenvalue weighted by molar-refractivity contribution is 0.350. The van der Waals surface area contributed by atoms with Crippen LogP contribution < -0.4 is 10.9 Å². The summed E-state index contributed by atoms with van der Waals surface area (Å²) in [6.07, 6.45) is 3.11. The molecule has 0 aliphatic carbocycles. The maximum atomic E-state index is 11.4. The second-order valence-electron chi connectivity index (χ2n) is 2.56. The highest BCUT2D eigenvalue weighted by Gasteiger charge is 1.98. The first-order valence-electron chi connectivity index (χ1n) is 4.08. The Labute approximate surface area is 81.4 Å². The van der Waals surface area contributed by atoms with Gasteiger partial charge in [0.05, 0.1) is 6.54 Å². The van der Waals surface area contributed by atoms with Crippen LogP contribution in [0.15, 0.2) is 17.2 Å². The van der Waals surface area contributed by atoms with Gasteiger partial charge in [0.2, 0.25) is 0 Å². The lowest BCUT2D eigenvalue weighted by Gasteiger charge is -2.01. The first-order chi connectivity index (χ1) is 6.75. The number of aromatic nitrogens is 2. The molecule has 14 heavy (non-hydrogen) atoms. The minimum absolute atomic E-state index is 0.179. The molecule has 5 nitrogen and oxygen atoms in total. The molecule has 1 aromatic rings. The van der Waals surface area contributed by atoms with Crippen LogP contribution in [0, 0.1) is 11.8 Å². The van der Waals surface area contributed by atoms with Crippen LogP contribution in [-0.2, 0) is 7.05 Å². The van der Waals surface area contributed by atoms with Gasteiger partial charge in [-0.15, -0.1) is 0 Å². The normalized spacial score (nSPS) is 9.00. The monoisotopic (exact) mass is 193 g/mol. The summed E-state index contributed by atoms with van der Waals surface area (Å²) in [6.45, 7) is 0.120. The second-order valence-corrected chi connectivity index (χ2v) is 2.56. The predicted octanol–water partition coefficient (Wildman–Crippen LogP) is -0.812. The summed E-state index contributed by atoms with van der Waals surface area (Å²) in [4.78, 5) is 15.2. The van der Waals surface area contributed by atoms with Crippen LogP contribution in [0.2, 0.25) is 0 Å². The Balaban J connectivity index is 2.68. The number of hydrogen-bond donors (Lipinski definition) is 2. The van der Waals surface area contributed by atoms with E-state index in [0.29, 0.717) is 6.54 Å². The summed E-state index contributed by atoms with van der Waals surface area (Å²) < 4.78 is 1.43. The molecule has 1 heterocycles. The molecule has 0 spiro atoms. The van der Waals surface area contributed by atoms with Crippen molar-refractivity contribution in [2.75, 3.05) is 18.5 Å². The number of aliphatic hydroxyl groups is 1. The molecule has 5 heteroatoms. The van der Waals surface area contributed by atoms with Gasteiger partial charge in [-0.2, -0.15) is 0 Å². The number of nitrogens with zero attached hydrogens (tertiary/aromatic N) is 2. The van der Waals surface area contributed by atoms with Gasteiger partial charge in [-0.1, -0.05) is 11.8 Å². The number of nitrogens with one attached hydrogen (secondary N) is 1. The van der Waals surface area contributed by atoms with Crippen molar-refractivity contribution in [2.45, 2.75) is 0 Å². The van der Waals surface area contributed by atoms with Gasteiger partial charge in [-0.25, -0.2) is 4.98 Å². The second kappa shape index (κ2) is 5.04. The number of rotatable bonds is 2. The van der Waals surface area contributed by atoms with Crippen LogP contribution in [0.5, 0.6) is 0 Å². The Bertz CT molecular complexity index is 414. The molecule has 0 saturated carbocycles. The number of aryl methyl sites for hydroxylation is 1. The highest BCUT2D eigenvalue weighted by molar-refractivity contribution is 5.32. The van der Waals surface area contributed by atoms with Crippen LogP contribution in [0.1, 0.15) is 0 Å². The summed E-state index contributed by atoms with van der Waals surface area (Å²) in [5, 5.41) is 11.1. The lowest BCUT2D eigenvalue weighted by atomic mass is 10.5. The fourth-order valence-corrected chi connectivity index (χ4v) is 0.865. The number of hydrogen-bond acceptors (Lipinski definition) is 4. The van der Waals surface area contributed by atoms with Crippen molar-refractivity contribution in [2.24, 2.45) is 7.05 Å². The first kappa shape index (κ1) is 10.3. The van der Waals surface area contributed by atoms with Gasteiger partial charge >= 0.3 is 0 Å². The highest BCUT2D eigenvalue weighted by atomic mass is 16.2. The van der Waals surface area contributed by atoms with Gasteiger partial charge in [0.25, 0.3) is 5.56 Å². The third-order valence-electron chi connectivity index (χ3n) is 1.57. The molecule has 1 rings (SSSR count). The van der Waals surface area contributed by atoms with Crippen molar-refractivity contribution < 1.29 is 5.11 Å². The highest BCUT2D eigenvalue weighted by Crippen LogP contribution is 1.89. The molecule has 2 N–H and O–H groups in total. The minimum atomic E-state index is -0.196. The van der Waals surface area contributed by atoms with Crippen LogP contribution in [0.3, 0.4) is 0 Å². The lowest BCUT2D eigenvalue weighted by Crippen LogP contribution is -2.22. The molecule has 0 radical (unpaired) electrons. The first-order valence-corrected chi connectivity index (χ1v) is 4.08. The zero-order valence-electron chi connectivity index (χ0n) is 7.82. The molecule has 0 bridgehead atoms. The van der Waals surface area contributed by atoms with Gasteiger partial charge in [-0.3, -0.25) is 4.79 Å². The standard InChI is InChI=1S/C9H11N3O2/c1-12-6-5-11-8(9(12)14)10-4-2-3-7-13/h5-6,13H,4,7H2,1H3,(H,10,11). The van der Waals surface area contributed by atoms with Crippen LogP contribution >= 0.6 is 0 Å². The van der Waals surface area contributed by atoms with Gasteiger partial charge < -0.3 is 15.0 Å². The summed E-state index contributed by atoms with van der Waals surface area (Å²) in [7, 11) is 1.65. The van der Waals surface area contributed by atoms with Crippen LogP contribution in [0.4, 0.5) is 5.82 Å². The van der Waals surface area contributed by atoms with Crippen LogP contribution in [0.25, 0.3) is 0 Å². The van der Waals surface area contributed by atoms with E-state index in [0.717, 1.165) is 0 Å². The molecule has 0 aliphatic rings. The van der Waals surface area contributed by atoms with Gasteiger partial charge in [0.15, 0.2) is 5.82 Å². The topological polar surface area (TPSA) is 67.2 Å². The van der Waals surface area contributed by atoms with E-state index < -0.39 is 0 Å². The summed E-state index contributed by atoms with van der Waals surface area (Å²) in [6, 6.07) is 0. The molecule has 0 aliphatic heterocycles. The van der Waals surface area contributed by atoms with Crippen molar-refractivity contribution in [1.29, 1.82) is 0 Å². The van der Waals surface area contributed by atoms with E-state index in [9.17, 15) is 4.79 Å². The number of anilines is 1. The molecule has 0 amide bonds. The SMILES string of the molecule is Cn1ccnc(NCC#CCO)c1=O. The minimum Gasteiger partial charge on any atom is -0.384 e. The maximum Gasteiger partial charge on any atom is 0.293 e. The molecule has 0 atom stereocenters. The van der Waals surface area contributed by atoms with E-state index in [1.807, 2.05) is 0 Å². The third-order valence-corrected chi connectivity index (χ3v) is 1.57. The Morgan fingerprint density at radius 3 is 3.14 bits per heavy atom. The van der Waals surface area contributed by atoms with Crippen molar-refractivity contribution in [1.82, 2.24) is 9.55 Å². The average molecular weight is 193 g/mol. The molecule has 74 valence electrons. The summed E-state index contributed by atoms with van der Waals surface area (Å²) in [5.74, 6) is 5.36. The maximum absolute atomic E-state index is 11.4. The predicted molar refractivity (Wildman–Crippen MR) is 52.8 cm³/mol. The fraction of sp³-hybridized carbons (Fsp3) is 0.333. The summed E-state index contributed by atoms with van der Waals surface area (Å²) in [5.41, 5.74) is -0.196. The number of aliphatic hydroxyl groups excluding tert-OH is 1. The van der Waals surface area contributed by atoms with E-state index in [4.69, 9.17) is 5.11 Å². The molecule has 0 saturated heterocycles. The van der Waals surface area contributed by atoms with Gasteiger partial charge in [-0.05, 0) is 0 Å². The van der Waals surface area contributed by atoms with E-state index in [1.165, 1.54) is 10.8 Å². The van der Waals surface area contributed by atoms with Crippen molar-refractivity contribution in [3.05, 3.63) is 22.7 Å². The Morgan fingerprint density at radius 1 is 1.64 bits per heavy atom. The Kier molecular flexibility index (Phi) is 3.70. The molecular formula is C9H11N3O2. The Hall–Kier alpha value is -1.80. The van der Waals surface area contributed by atoms with Crippen molar-refractivity contribution in [3.63, 3.8) is 0 Å². The molecule has 0 fully saturated rings. The third kappa shape index (κ3) is 2.61. The fourth-order valence-electron chi connectivity index (χ4n) is 0.865. The van der Waals surface area contributed by atoms with E-state index >= 15 is 0 Å². The van der Waals surface area contributed by atoms with E-state index in [-0.39, 0.29) is 18.0 Å². The van der Waals surface area contributed by atoms with Crippen molar-refractivity contribution >= 4 is 5.82 Å². The molecule has 0 unspecified atom stereocenters. The van der Waals surface area contributed by atoms with E-state index in [1.54, 1.807) is 13.2 Å². The zero-order valence-corrected chi connectivity index (χ0v) is 7.82. The van der Waals surface area contributed by atoms with Crippen molar-refractivity contribution in [3.8, 4) is 11.8 Å². The molecule has 0 aromatic carbocycles. The zero-order chi connectivity index (χ0) is 10.4. The van der Waals surface area contributed by atoms with E-state index in [2.05, 4.69) is 22.1 Å². The Morgan fingerprint density at radius 2 is 2.43 bits per heavy atom. The van der Waals surface area contributed by atoms with Gasteiger partial charge in [0.1, 0.15) is 6.61 Å². The summed E-state index contributed by atoms with van der Waals surface area (Å²) >= 11 is 0. The smallest absolute Gasteiger partial charge is 0.293 e. The molecular weight excluding hydrogens is 182 g/mol. The van der Waals surface area contributed by atoms with Crippen LogP contribution in [-0.4, -0.2) is 27.8 Å². The quantitative estimate of drug-likeness (QED) is 0.603. The largest absolute Gasteiger partial charge is 0.384 e. The molecule has 1 aromatic heterocycles. The van der Waals surface area contributed by atoms with Gasteiger partial charge in [0, 0.05) is 19.4 Å².